The third-order valence-corrected chi connectivity index (χ3v) is 4.64. The second kappa shape index (κ2) is 8.09. The lowest BCUT2D eigenvalue weighted by atomic mass is 10.2. The highest BCUT2D eigenvalue weighted by Crippen LogP contribution is 2.26. The van der Waals surface area contributed by atoms with Gasteiger partial charge in [-0.3, -0.25) is 4.79 Å². The number of carbonyl (C=O) groups is 1. The summed E-state index contributed by atoms with van der Waals surface area (Å²) < 4.78 is 16.1. The molecule has 136 valence electrons. The molecule has 0 saturated heterocycles. The standard InChI is InChI=1S/C18H19N3O4S/c1-12-14(8-9-24-12)17-19-20-18(25-17)26-11-16(22)21(2)10-13-6-4-5-7-15(13)23-3/h4-9H,10-11H2,1-3H3. The van der Waals surface area contributed by atoms with Gasteiger partial charge in [-0.2, -0.15) is 0 Å². The number of thioether (sulfide) groups is 1. The summed E-state index contributed by atoms with van der Waals surface area (Å²) in [5.41, 5.74) is 1.70. The SMILES string of the molecule is COc1ccccc1CN(C)C(=O)CSc1nnc(-c2ccoc2C)o1. The van der Waals surface area contributed by atoms with Crippen molar-refractivity contribution < 1.29 is 18.4 Å². The summed E-state index contributed by atoms with van der Waals surface area (Å²) >= 11 is 1.21. The highest BCUT2D eigenvalue weighted by Gasteiger charge is 2.16. The van der Waals surface area contributed by atoms with E-state index in [0.717, 1.165) is 16.9 Å². The van der Waals surface area contributed by atoms with Crippen molar-refractivity contribution in [3.8, 4) is 17.2 Å². The van der Waals surface area contributed by atoms with E-state index in [1.165, 1.54) is 11.8 Å². The number of hydrogen-bond donors (Lipinski definition) is 0. The molecule has 3 aromatic rings. The van der Waals surface area contributed by atoms with Gasteiger partial charge >= 0.3 is 0 Å². The smallest absolute Gasteiger partial charge is 0.277 e. The molecule has 3 rings (SSSR count). The molecule has 0 fully saturated rings. The van der Waals surface area contributed by atoms with E-state index in [1.54, 1.807) is 31.4 Å². The number of amides is 1. The van der Waals surface area contributed by atoms with Crippen molar-refractivity contribution in [1.29, 1.82) is 0 Å². The van der Waals surface area contributed by atoms with Crippen LogP contribution in [0, 0.1) is 6.92 Å². The van der Waals surface area contributed by atoms with Crippen LogP contribution in [0.2, 0.25) is 0 Å². The Morgan fingerprint density at radius 1 is 1.27 bits per heavy atom. The highest BCUT2D eigenvalue weighted by atomic mass is 32.2. The van der Waals surface area contributed by atoms with Crippen LogP contribution < -0.4 is 4.74 Å². The fraction of sp³-hybridized carbons (Fsp3) is 0.278. The van der Waals surface area contributed by atoms with E-state index >= 15 is 0 Å². The maximum Gasteiger partial charge on any atom is 0.277 e. The monoisotopic (exact) mass is 373 g/mol. The van der Waals surface area contributed by atoms with Gasteiger partial charge in [0.15, 0.2) is 0 Å². The van der Waals surface area contributed by atoms with E-state index in [1.807, 2.05) is 31.2 Å². The predicted octanol–water partition coefficient (Wildman–Crippen LogP) is 3.40. The number of nitrogens with zero attached hydrogens (tertiary/aromatic N) is 3. The molecule has 2 heterocycles. The second-order valence-electron chi connectivity index (χ2n) is 5.61. The molecule has 2 aromatic heterocycles. The minimum Gasteiger partial charge on any atom is -0.496 e. The van der Waals surface area contributed by atoms with Crippen LogP contribution >= 0.6 is 11.8 Å². The lowest BCUT2D eigenvalue weighted by molar-refractivity contribution is -0.127. The van der Waals surface area contributed by atoms with Crippen LogP contribution in [0.1, 0.15) is 11.3 Å². The van der Waals surface area contributed by atoms with Crippen molar-refractivity contribution in [3.63, 3.8) is 0 Å². The lowest BCUT2D eigenvalue weighted by Crippen LogP contribution is -2.28. The zero-order chi connectivity index (χ0) is 18.5. The van der Waals surface area contributed by atoms with E-state index in [0.29, 0.717) is 23.4 Å². The number of methoxy groups -OCH3 is 1. The number of para-hydroxylation sites is 1. The van der Waals surface area contributed by atoms with E-state index < -0.39 is 0 Å². The maximum absolute atomic E-state index is 12.4. The Morgan fingerprint density at radius 3 is 2.81 bits per heavy atom. The Labute approximate surface area is 155 Å². The summed E-state index contributed by atoms with van der Waals surface area (Å²) in [5.74, 6) is 2.01. The second-order valence-corrected chi connectivity index (χ2v) is 6.54. The zero-order valence-electron chi connectivity index (χ0n) is 14.8. The predicted molar refractivity (Wildman–Crippen MR) is 96.9 cm³/mol. The van der Waals surface area contributed by atoms with Gasteiger partial charge in [-0.1, -0.05) is 30.0 Å². The van der Waals surface area contributed by atoms with Crippen molar-refractivity contribution in [1.82, 2.24) is 15.1 Å². The molecular weight excluding hydrogens is 354 g/mol. The fourth-order valence-corrected chi connectivity index (χ4v) is 3.10. The topological polar surface area (TPSA) is 81.6 Å². The van der Waals surface area contributed by atoms with Crippen LogP contribution in [0.5, 0.6) is 5.75 Å². The molecule has 0 aliphatic rings. The summed E-state index contributed by atoms with van der Waals surface area (Å²) in [6.45, 7) is 2.29. The average Bonchev–Trinajstić information content (AvgIpc) is 3.28. The third kappa shape index (κ3) is 4.08. The fourth-order valence-electron chi connectivity index (χ4n) is 2.39. The molecule has 1 aromatic carbocycles. The summed E-state index contributed by atoms with van der Waals surface area (Å²) in [7, 11) is 3.37. The van der Waals surface area contributed by atoms with Crippen LogP contribution in [0.15, 0.2) is 50.7 Å². The van der Waals surface area contributed by atoms with Gasteiger partial charge in [0.2, 0.25) is 5.91 Å². The zero-order valence-corrected chi connectivity index (χ0v) is 15.6. The Kier molecular flexibility index (Phi) is 5.62. The molecule has 7 nitrogen and oxygen atoms in total. The number of benzene rings is 1. The first-order valence-electron chi connectivity index (χ1n) is 7.95. The average molecular weight is 373 g/mol. The van der Waals surface area contributed by atoms with E-state index in [4.69, 9.17) is 13.6 Å². The molecule has 0 aliphatic heterocycles. The van der Waals surface area contributed by atoms with Gasteiger partial charge < -0.3 is 18.5 Å². The van der Waals surface area contributed by atoms with Crippen molar-refractivity contribution in [2.75, 3.05) is 19.9 Å². The lowest BCUT2D eigenvalue weighted by Gasteiger charge is -2.18. The summed E-state index contributed by atoms with van der Waals surface area (Å²) in [6, 6.07) is 9.40. The maximum atomic E-state index is 12.4. The van der Waals surface area contributed by atoms with Crippen molar-refractivity contribution in [3.05, 3.63) is 47.9 Å². The van der Waals surface area contributed by atoms with Crippen LogP contribution in [0.3, 0.4) is 0 Å². The number of aromatic nitrogens is 2. The van der Waals surface area contributed by atoms with Gasteiger partial charge in [0.05, 0.1) is 24.7 Å². The molecule has 0 radical (unpaired) electrons. The van der Waals surface area contributed by atoms with Crippen molar-refractivity contribution >= 4 is 17.7 Å². The van der Waals surface area contributed by atoms with Crippen molar-refractivity contribution in [2.24, 2.45) is 0 Å². The summed E-state index contributed by atoms with van der Waals surface area (Å²) in [5, 5.41) is 8.31. The van der Waals surface area contributed by atoms with Crippen LogP contribution in [0.25, 0.3) is 11.5 Å². The molecular formula is C18H19N3O4S. The van der Waals surface area contributed by atoms with Crippen LogP contribution in [-0.2, 0) is 11.3 Å². The van der Waals surface area contributed by atoms with Gasteiger partial charge in [0.1, 0.15) is 11.5 Å². The Morgan fingerprint density at radius 2 is 2.08 bits per heavy atom. The molecule has 0 N–H and O–H groups in total. The van der Waals surface area contributed by atoms with E-state index in [2.05, 4.69) is 10.2 Å². The Bertz CT molecular complexity index is 890. The largest absolute Gasteiger partial charge is 0.496 e. The number of carbonyl (C=O) groups excluding carboxylic acids is 1. The molecule has 0 aliphatic carbocycles. The van der Waals surface area contributed by atoms with Crippen molar-refractivity contribution in [2.45, 2.75) is 18.7 Å². The van der Waals surface area contributed by atoms with Gasteiger partial charge in [-0.25, -0.2) is 0 Å². The molecule has 0 bridgehead atoms. The minimum atomic E-state index is -0.0415. The summed E-state index contributed by atoms with van der Waals surface area (Å²) in [6.07, 6.45) is 1.57. The first-order chi connectivity index (χ1) is 12.6. The molecule has 0 atom stereocenters. The van der Waals surface area contributed by atoms with E-state index in [9.17, 15) is 4.79 Å². The van der Waals surface area contributed by atoms with Crippen LogP contribution in [0.4, 0.5) is 0 Å². The molecule has 26 heavy (non-hydrogen) atoms. The first kappa shape index (κ1) is 18.1. The number of rotatable bonds is 7. The van der Waals surface area contributed by atoms with Gasteiger partial charge in [-0.15, -0.1) is 10.2 Å². The number of furan rings is 1. The van der Waals surface area contributed by atoms with Crippen LogP contribution in [-0.4, -0.2) is 40.9 Å². The molecule has 0 unspecified atom stereocenters. The Hall–Kier alpha value is -2.74. The highest BCUT2D eigenvalue weighted by molar-refractivity contribution is 7.99. The number of aryl methyl sites for hydroxylation is 1. The third-order valence-electron chi connectivity index (χ3n) is 3.84. The quantitative estimate of drug-likeness (QED) is 0.587. The van der Waals surface area contributed by atoms with E-state index in [-0.39, 0.29) is 11.7 Å². The number of hydrogen-bond acceptors (Lipinski definition) is 7. The molecule has 0 saturated carbocycles. The normalized spacial score (nSPS) is 10.7. The minimum absolute atomic E-state index is 0.0415. The summed E-state index contributed by atoms with van der Waals surface area (Å²) in [4.78, 5) is 14.0. The Balaban J connectivity index is 1.57. The molecule has 0 spiro atoms. The van der Waals surface area contributed by atoms with Gasteiger partial charge in [-0.05, 0) is 19.1 Å². The first-order valence-corrected chi connectivity index (χ1v) is 8.93. The van der Waals surface area contributed by atoms with Gasteiger partial charge in [0.25, 0.3) is 11.1 Å². The number of ether oxygens (including phenoxy) is 1. The molecule has 8 heteroatoms. The van der Waals surface area contributed by atoms with Gasteiger partial charge in [0, 0.05) is 19.2 Å². The molecule has 1 amide bonds.